The van der Waals surface area contributed by atoms with Crippen LogP contribution in [-0.4, -0.2) is 20.9 Å². The van der Waals surface area contributed by atoms with E-state index in [1.807, 2.05) is 56.3 Å². The summed E-state index contributed by atoms with van der Waals surface area (Å²) in [5.41, 5.74) is 9.90. The first-order valence-electron chi connectivity index (χ1n) is 9.04. The minimum absolute atomic E-state index is 0.304. The lowest BCUT2D eigenvalue weighted by molar-refractivity contribution is 0.0964. The molecule has 0 aliphatic rings. The van der Waals surface area contributed by atoms with Gasteiger partial charge in [-0.2, -0.15) is 0 Å². The summed E-state index contributed by atoms with van der Waals surface area (Å²) in [5.74, 6) is 0.0358. The van der Waals surface area contributed by atoms with Gasteiger partial charge in [-0.1, -0.05) is 41.9 Å². The van der Waals surface area contributed by atoms with Gasteiger partial charge >= 0.3 is 0 Å². The summed E-state index contributed by atoms with van der Waals surface area (Å²) in [6, 6.07) is 18.5. The van der Waals surface area contributed by atoms with Crippen molar-refractivity contribution >= 4 is 34.4 Å². The molecule has 4 aromatic rings. The number of nitrogens with one attached hydrogen (secondary N) is 2. The topological polar surface area (TPSA) is 79.8 Å². The molecule has 2 aromatic heterocycles. The van der Waals surface area contributed by atoms with E-state index in [0.29, 0.717) is 22.2 Å². The highest BCUT2D eigenvalue weighted by atomic mass is 35.5. The number of pyridine rings is 1. The van der Waals surface area contributed by atoms with Gasteiger partial charge < -0.3 is 0 Å². The second-order valence-electron chi connectivity index (χ2n) is 6.63. The molecule has 29 heavy (non-hydrogen) atoms. The van der Waals surface area contributed by atoms with Gasteiger partial charge in [-0.25, -0.2) is 15.0 Å². The summed E-state index contributed by atoms with van der Waals surface area (Å²) in [6.07, 6.45) is 0. The maximum absolute atomic E-state index is 13.0. The molecule has 4 rings (SSSR count). The summed E-state index contributed by atoms with van der Waals surface area (Å²) >= 11 is 5.99. The molecule has 1 amide bonds. The molecule has 0 aliphatic carbocycles. The third-order valence-corrected chi connectivity index (χ3v) is 4.62. The van der Waals surface area contributed by atoms with Gasteiger partial charge in [0.25, 0.3) is 5.91 Å². The van der Waals surface area contributed by atoms with Crippen LogP contribution in [0, 0.1) is 13.8 Å². The Hall–Kier alpha value is -3.51. The van der Waals surface area contributed by atoms with E-state index in [4.69, 9.17) is 16.6 Å². The zero-order valence-electron chi connectivity index (χ0n) is 15.9. The minimum atomic E-state index is -0.304. The van der Waals surface area contributed by atoms with Crippen molar-refractivity contribution < 1.29 is 4.79 Å². The predicted octanol–water partition coefficient (Wildman–Crippen LogP) is 4.72. The molecule has 7 heteroatoms. The van der Waals surface area contributed by atoms with Crippen molar-refractivity contribution in [2.75, 3.05) is 5.43 Å². The Bertz CT molecular complexity index is 1190. The second kappa shape index (κ2) is 7.85. The number of halogens is 1. The minimum Gasteiger partial charge on any atom is -0.267 e. The Balaban J connectivity index is 1.69. The first-order chi connectivity index (χ1) is 14.0. The lowest BCUT2D eigenvalue weighted by Gasteiger charge is -2.12. The van der Waals surface area contributed by atoms with Crippen LogP contribution >= 0.6 is 11.6 Å². The number of anilines is 1. The van der Waals surface area contributed by atoms with Crippen molar-refractivity contribution in [3.05, 3.63) is 82.6 Å². The van der Waals surface area contributed by atoms with Gasteiger partial charge in [0.15, 0.2) is 0 Å². The first kappa shape index (κ1) is 18.8. The molecule has 0 spiro atoms. The van der Waals surface area contributed by atoms with Crippen LogP contribution < -0.4 is 10.9 Å². The molecule has 0 bridgehead atoms. The lowest BCUT2D eigenvalue weighted by atomic mass is 10.0. The Morgan fingerprint density at radius 2 is 1.59 bits per heavy atom. The zero-order chi connectivity index (χ0) is 20.4. The van der Waals surface area contributed by atoms with Gasteiger partial charge in [0, 0.05) is 27.4 Å². The van der Waals surface area contributed by atoms with Gasteiger partial charge in [0.2, 0.25) is 5.95 Å². The number of aromatic nitrogens is 3. The molecule has 0 saturated heterocycles. The van der Waals surface area contributed by atoms with Crippen molar-refractivity contribution in [1.82, 2.24) is 20.4 Å². The standard InChI is InChI=1S/C22H18ClN5O/c1-13-11-14(2)25-22(24-13)28-27-21(29)18-12-20(15-7-9-16(23)10-8-15)26-19-6-4-3-5-17(18)19/h3-12H,1-2H3,(H,27,29)(H,24,25,28). The Labute approximate surface area is 173 Å². The van der Waals surface area contributed by atoms with Gasteiger partial charge in [-0.3, -0.25) is 15.6 Å². The van der Waals surface area contributed by atoms with Crippen LogP contribution in [0.3, 0.4) is 0 Å². The molecule has 2 aromatic carbocycles. The fourth-order valence-electron chi connectivity index (χ4n) is 3.09. The van der Waals surface area contributed by atoms with Gasteiger partial charge in [-0.15, -0.1) is 0 Å². The number of carbonyl (C=O) groups excluding carboxylic acids is 1. The van der Waals surface area contributed by atoms with Crippen LogP contribution in [0.25, 0.3) is 22.2 Å². The fraction of sp³-hybridized carbons (Fsp3) is 0.0909. The predicted molar refractivity (Wildman–Crippen MR) is 115 cm³/mol. The number of amides is 1. The monoisotopic (exact) mass is 403 g/mol. The van der Waals surface area contributed by atoms with E-state index in [1.54, 1.807) is 18.2 Å². The molecule has 0 radical (unpaired) electrons. The van der Waals surface area contributed by atoms with E-state index in [0.717, 1.165) is 27.9 Å². The lowest BCUT2D eigenvalue weighted by Crippen LogP contribution is -2.30. The normalized spacial score (nSPS) is 10.7. The number of aryl methyl sites for hydroxylation is 2. The van der Waals surface area contributed by atoms with Crippen LogP contribution in [0.15, 0.2) is 60.7 Å². The Morgan fingerprint density at radius 1 is 0.897 bits per heavy atom. The smallest absolute Gasteiger partial charge is 0.267 e. The number of carbonyl (C=O) groups is 1. The average molecular weight is 404 g/mol. The third-order valence-electron chi connectivity index (χ3n) is 4.37. The van der Waals surface area contributed by atoms with Crippen LogP contribution in [-0.2, 0) is 0 Å². The molecule has 2 N–H and O–H groups in total. The molecule has 0 atom stereocenters. The number of hydrogen-bond donors (Lipinski definition) is 2. The SMILES string of the molecule is Cc1cc(C)nc(NNC(=O)c2cc(-c3ccc(Cl)cc3)nc3ccccc23)n1. The molecule has 0 unspecified atom stereocenters. The van der Waals surface area contributed by atoms with Gasteiger partial charge in [0.1, 0.15) is 0 Å². The summed E-state index contributed by atoms with van der Waals surface area (Å²) < 4.78 is 0. The third kappa shape index (κ3) is 4.17. The zero-order valence-corrected chi connectivity index (χ0v) is 16.7. The van der Waals surface area contributed by atoms with Crippen LogP contribution in [0.1, 0.15) is 21.7 Å². The average Bonchev–Trinajstić information content (AvgIpc) is 2.71. The molecule has 6 nitrogen and oxygen atoms in total. The number of hydrogen-bond acceptors (Lipinski definition) is 5. The maximum atomic E-state index is 13.0. The number of benzene rings is 2. The van der Waals surface area contributed by atoms with Crippen molar-refractivity contribution in [2.45, 2.75) is 13.8 Å². The number of nitrogens with zero attached hydrogens (tertiary/aromatic N) is 3. The Kier molecular flexibility index (Phi) is 5.10. The molecular weight excluding hydrogens is 386 g/mol. The molecule has 144 valence electrons. The van der Waals surface area contributed by atoms with Crippen LogP contribution in [0.5, 0.6) is 0 Å². The van der Waals surface area contributed by atoms with Crippen molar-refractivity contribution in [3.63, 3.8) is 0 Å². The van der Waals surface area contributed by atoms with E-state index in [1.165, 1.54) is 0 Å². The largest absolute Gasteiger partial charge is 0.270 e. The number of fused-ring (bicyclic) bond motifs is 1. The van der Waals surface area contributed by atoms with Gasteiger partial charge in [-0.05, 0) is 44.2 Å². The van der Waals surface area contributed by atoms with E-state index < -0.39 is 0 Å². The Morgan fingerprint density at radius 3 is 2.31 bits per heavy atom. The highest BCUT2D eigenvalue weighted by Gasteiger charge is 2.14. The maximum Gasteiger partial charge on any atom is 0.270 e. The van der Waals surface area contributed by atoms with Crippen molar-refractivity contribution in [3.8, 4) is 11.3 Å². The summed E-state index contributed by atoms with van der Waals surface area (Å²) in [5, 5.41) is 1.40. The van der Waals surface area contributed by atoms with E-state index in [-0.39, 0.29) is 5.91 Å². The molecule has 0 fully saturated rings. The number of rotatable bonds is 4. The highest BCUT2D eigenvalue weighted by Crippen LogP contribution is 2.26. The number of hydrazine groups is 1. The quantitative estimate of drug-likeness (QED) is 0.482. The fourth-order valence-corrected chi connectivity index (χ4v) is 3.22. The summed E-state index contributed by atoms with van der Waals surface area (Å²) in [4.78, 5) is 26.2. The summed E-state index contributed by atoms with van der Waals surface area (Å²) in [7, 11) is 0. The van der Waals surface area contributed by atoms with Crippen molar-refractivity contribution in [1.29, 1.82) is 0 Å². The van der Waals surface area contributed by atoms with E-state index in [9.17, 15) is 4.79 Å². The second-order valence-corrected chi connectivity index (χ2v) is 7.07. The molecule has 0 saturated carbocycles. The molecule has 0 aliphatic heterocycles. The van der Waals surface area contributed by atoms with E-state index in [2.05, 4.69) is 20.8 Å². The first-order valence-corrected chi connectivity index (χ1v) is 9.42. The highest BCUT2D eigenvalue weighted by molar-refractivity contribution is 6.30. The molecule has 2 heterocycles. The van der Waals surface area contributed by atoms with Crippen LogP contribution in [0.4, 0.5) is 5.95 Å². The van der Waals surface area contributed by atoms with Gasteiger partial charge in [0.05, 0.1) is 16.8 Å². The van der Waals surface area contributed by atoms with Crippen LogP contribution in [0.2, 0.25) is 5.02 Å². The summed E-state index contributed by atoms with van der Waals surface area (Å²) in [6.45, 7) is 3.74. The van der Waals surface area contributed by atoms with Crippen molar-refractivity contribution in [2.24, 2.45) is 0 Å². The number of para-hydroxylation sites is 1. The van der Waals surface area contributed by atoms with E-state index >= 15 is 0 Å². The molecular formula is C22H18ClN5O.